The molecule has 0 aliphatic carbocycles. The van der Waals surface area contributed by atoms with E-state index in [9.17, 15) is 14.4 Å². The maximum atomic E-state index is 12.2. The highest BCUT2D eigenvalue weighted by atomic mass is 32.2. The highest BCUT2D eigenvalue weighted by Crippen LogP contribution is 2.17. The number of urea groups is 1. The molecule has 152 valence electrons. The van der Waals surface area contributed by atoms with Gasteiger partial charge in [0.25, 0.3) is 11.7 Å². The third kappa shape index (κ3) is 5.65. The van der Waals surface area contributed by atoms with Crippen molar-refractivity contribution in [2.45, 2.75) is 51.7 Å². The Balaban J connectivity index is 1.98. The topological polar surface area (TPSA) is 128 Å². The van der Waals surface area contributed by atoms with Crippen LogP contribution in [-0.2, 0) is 20.7 Å². The fourth-order valence-electron chi connectivity index (χ4n) is 2.41. The molecule has 0 fully saturated rings. The molecule has 2 aromatic heterocycles. The summed E-state index contributed by atoms with van der Waals surface area (Å²) in [5.41, 5.74) is 1.53. The van der Waals surface area contributed by atoms with Crippen LogP contribution in [0.15, 0.2) is 5.16 Å². The van der Waals surface area contributed by atoms with Gasteiger partial charge in [-0.2, -0.15) is 4.98 Å². The standard InChI is InChI=1S/C17H24N6O4S/c1-9-11(10(2)23-14(18-9)20-16(22-23)28-6)7-13(25)27-8-12(24)19-15(26)21-17(3,4)5/h7-8H2,1-6H3,(H2,19,21,24,26). The first-order valence-corrected chi connectivity index (χ1v) is 9.77. The lowest BCUT2D eigenvalue weighted by Gasteiger charge is -2.20. The number of ether oxygens (including phenoxy) is 1. The van der Waals surface area contributed by atoms with E-state index in [1.165, 1.54) is 11.8 Å². The number of carbonyl (C=O) groups is 3. The molecular formula is C17H24N6O4S. The first kappa shape index (κ1) is 21.6. The molecule has 0 saturated carbocycles. The number of rotatable bonds is 5. The minimum absolute atomic E-state index is 0.0729. The van der Waals surface area contributed by atoms with Gasteiger partial charge < -0.3 is 10.1 Å². The van der Waals surface area contributed by atoms with Gasteiger partial charge in [-0.15, -0.1) is 5.10 Å². The first-order valence-electron chi connectivity index (χ1n) is 8.54. The maximum Gasteiger partial charge on any atom is 0.321 e. The smallest absolute Gasteiger partial charge is 0.321 e. The van der Waals surface area contributed by atoms with E-state index >= 15 is 0 Å². The number of thioether (sulfide) groups is 1. The van der Waals surface area contributed by atoms with Gasteiger partial charge in [0.05, 0.1) is 6.42 Å². The predicted molar refractivity (Wildman–Crippen MR) is 103 cm³/mol. The Bertz CT molecular complexity index is 918. The number of fused-ring (bicyclic) bond motifs is 1. The zero-order valence-corrected chi connectivity index (χ0v) is 17.6. The Morgan fingerprint density at radius 3 is 2.46 bits per heavy atom. The van der Waals surface area contributed by atoms with Crippen molar-refractivity contribution in [2.75, 3.05) is 12.9 Å². The fraction of sp³-hybridized carbons (Fsp3) is 0.529. The Labute approximate surface area is 166 Å². The molecule has 3 amide bonds. The number of carbonyl (C=O) groups excluding carboxylic acids is 3. The predicted octanol–water partition coefficient (Wildman–Crippen LogP) is 1.17. The second-order valence-corrected chi connectivity index (χ2v) is 7.93. The number of aryl methyl sites for hydroxylation is 2. The van der Waals surface area contributed by atoms with Gasteiger partial charge in [-0.25, -0.2) is 14.3 Å². The number of nitrogens with one attached hydrogen (secondary N) is 2. The molecule has 11 heteroatoms. The Kier molecular flexibility index (Phi) is 6.60. The summed E-state index contributed by atoms with van der Waals surface area (Å²) in [5.74, 6) is -0.859. The van der Waals surface area contributed by atoms with E-state index in [1.807, 2.05) is 13.2 Å². The summed E-state index contributed by atoms with van der Waals surface area (Å²) in [5, 5.41) is 9.59. The van der Waals surface area contributed by atoms with E-state index in [1.54, 1.807) is 32.2 Å². The molecule has 0 bridgehead atoms. The van der Waals surface area contributed by atoms with Crippen LogP contribution in [0.3, 0.4) is 0 Å². The summed E-state index contributed by atoms with van der Waals surface area (Å²) in [7, 11) is 0. The van der Waals surface area contributed by atoms with Crippen molar-refractivity contribution in [2.24, 2.45) is 0 Å². The summed E-state index contributed by atoms with van der Waals surface area (Å²) in [6.45, 7) is 8.38. The molecule has 28 heavy (non-hydrogen) atoms. The number of esters is 1. The lowest BCUT2D eigenvalue weighted by molar-refractivity contribution is -0.147. The number of imide groups is 1. The Morgan fingerprint density at radius 1 is 1.18 bits per heavy atom. The highest BCUT2D eigenvalue weighted by Gasteiger charge is 2.19. The Morgan fingerprint density at radius 2 is 1.86 bits per heavy atom. The molecule has 0 unspecified atom stereocenters. The van der Waals surface area contributed by atoms with E-state index in [-0.39, 0.29) is 6.42 Å². The molecule has 0 radical (unpaired) electrons. The summed E-state index contributed by atoms with van der Waals surface area (Å²) >= 11 is 1.40. The molecular weight excluding hydrogens is 384 g/mol. The van der Waals surface area contributed by atoms with Crippen LogP contribution in [0.4, 0.5) is 4.79 Å². The lowest BCUT2D eigenvalue weighted by Crippen LogP contribution is -2.49. The number of nitrogens with zero attached hydrogens (tertiary/aromatic N) is 4. The van der Waals surface area contributed by atoms with Gasteiger partial charge in [0, 0.05) is 22.5 Å². The van der Waals surface area contributed by atoms with Gasteiger partial charge in [0.2, 0.25) is 5.16 Å². The molecule has 2 heterocycles. The molecule has 0 spiro atoms. The second kappa shape index (κ2) is 8.55. The minimum Gasteiger partial charge on any atom is -0.455 e. The van der Waals surface area contributed by atoms with Gasteiger partial charge >= 0.3 is 12.0 Å². The zero-order chi connectivity index (χ0) is 21.1. The monoisotopic (exact) mass is 408 g/mol. The van der Waals surface area contributed by atoms with Crippen molar-refractivity contribution in [3.63, 3.8) is 0 Å². The molecule has 0 aliphatic rings. The van der Waals surface area contributed by atoms with Gasteiger partial charge in [-0.05, 0) is 40.9 Å². The number of hydrogen-bond acceptors (Lipinski definition) is 8. The highest BCUT2D eigenvalue weighted by molar-refractivity contribution is 7.98. The molecule has 2 N–H and O–H groups in total. The summed E-state index contributed by atoms with van der Waals surface area (Å²) < 4.78 is 6.55. The van der Waals surface area contributed by atoms with Crippen LogP contribution in [-0.4, -0.2) is 55.9 Å². The third-order valence-corrected chi connectivity index (χ3v) is 4.18. The SMILES string of the molecule is CSc1nc2nc(C)c(CC(=O)OCC(=O)NC(=O)NC(C)(C)C)c(C)n2n1. The van der Waals surface area contributed by atoms with Crippen LogP contribution in [0, 0.1) is 13.8 Å². The quantitative estimate of drug-likeness (QED) is 0.557. The largest absolute Gasteiger partial charge is 0.455 e. The summed E-state index contributed by atoms with van der Waals surface area (Å²) in [6.07, 6.45) is 1.79. The number of amides is 3. The van der Waals surface area contributed by atoms with E-state index in [4.69, 9.17) is 4.74 Å². The van der Waals surface area contributed by atoms with E-state index in [0.717, 1.165) is 5.69 Å². The summed E-state index contributed by atoms with van der Waals surface area (Å²) in [6, 6.07) is -0.648. The third-order valence-electron chi connectivity index (χ3n) is 3.64. The van der Waals surface area contributed by atoms with Crippen molar-refractivity contribution in [1.82, 2.24) is 30.2 Å². The van der Waals surface area contributed by atoms with Crippen LogP contribution in [0.1, 0.15) is 37.7 Å². The van der Waals surface area contributed by atoms with Crippen LogP contribution >= 0.6 is 11.8 Å². The zero-order valence-electron chi connectivity index (χ0n) is 16.7. The minimum atomic E-state index is -0.710. The first-order chi connectivity index (χ1) is 13.0. The molecule has 0 atom stereocenters. The van der Waals surface area contributed by atoms with E-state index in [2.05, 4.69) is 25.7 Å². The number of aromatic nitrogens is 4. The second-order valence-electron chi connectivity index (χ2n) is 7.16. The van der Waals surface area contributed by atoms with Crippen LogP contribution in [0.5, 0.6) is 0 Å². The molecule has 0 saturated heterocycles. The van der Waals surface area contributed by atoms with E-state index in [0.29, 0.717) is 22.2 Å². The van der Waals surface area contributed by atoms with Gasteiger partial charge in [0.1, 0.15) is 0 Å². The molecule has 2 rings (SSSR count). The molecule has 10 nitrogen and oxygen atoms in total. The van der Waals surface area contributed by atoms with Crippen molar-refractivity contribution in [1.29, 1.82) is 0 Å². The summed E-state index contributed by atoms with van der Waals surface area (Å²) in [4.78, 5) is 44.2. The van der Waals surface area contributed by atoms with Crippen molar-refractivity contribution < 1.29 is 19.1 Å². The average molecular weight is 408 g/mol. The molecule has 2 aromatic rings. The average Bonchev–Trinajstić information content (AvgIpc) is 2.98. The van der Waals surface area contributed by atoms with Crippen molar-refractivity contribution in [3.8, 4) is 0 Å². The maximum absolute atomic E-state index is 12.2. The van der Waals surface area contributed by atoms with E-state index < -0.39 is 30.1 Å². The Hall–Kier alpha value is -2.69. The molecule has 0 aliphatic heterocycles. The van der Waals surface area contributed by atoms with Crippen LogP contribution in [0.2, 0.25) is 0 Å². The van der Waals surface area contributed by atoms with Gasteiger partial charge in [0.15, 0.2) is 6.61 Å². The van der Waals surface area contributed by atoms with Gasteiger partial charge in [-0.1, -0.05) is 11.8 Å². The molecule has 0 aromatic carbocycles. The van der Waals surface area contributed by atoms with Crippen molar-refractivity contribution in [3.05, 3.63) is 17.0 Å². The van der Waals surface area contributed by atoms with Crippen molar-refractivity contribution >= 4 is 35.4 Å². The van der Waals surface area contributed by atoms with Crippen LogP contribution in [0.25, 0.3) is 5.78 Å². The fourth-order valence-corrected chi connectivity index (χ4v) is 2.74. The normalized spacial score (nSPS) is 11.4. The van der Waals surface area contributed by atoms with Crippen LogP contribution < -0.4 is 10.6 Å². The lowest BCUT2D eigenvalue weighted by atomic mass is 10.1. The van der Waals surface area contributed by atoms with Gasteiger partial charge in [-0.3, -0.25) is 14.9 Å². The number of hydrogen-bond donors (Lipinski definition) is 2.